The van der Waals surface area contributed by atoms with E-state index in [2.05, 4.69) is 5.10 Å². The van der Waals surface area contributed by atoms with Crippen LogP contribution in [-0.2, 0) is 22.7 Å². The number of aryl methyl sites for hydroxylation is 1. The first kappa shape index (κ1) is 18.5. The molecule has 0 saturated heterocycles. The van der Waals surface area contributed by atoms with E-state index in [1.807, 2.05) is 37.3 Å². The molecule has 7 heteroatoms. The fraction of sp³-hybridized carbons (Fsp3) is 0.238. The fourth-order valence-electron chi connectivity index (χ4n) is 3.34. The van der Waals surface area contributed by atoms with Gasteiger partial charge in [0.2, 0.25) is 0 Å². The van der Waals surface area contributed by atoms with Crippen LogP contribution >= 0.6 is 11.6 Å². The van der Waals surface area contributed by atoms with Crippen molar-refractivity contribution >= 4 is 17.6 Å². The van der Waals surface area contributed by atoms with Crippen LogP contribution in [0.15, 0.2) is 42.5 Å². The molecule has 4 rings (SSSR count). The van der Waals surface area contributed by atoms with E-state index in [1.165, 1.54) is 0 Å². The third kappa shape index (κ3) is 3.48. The number of aromatic nitrogens is 2. The summed E-state index contributed by atoms with van der Waals surface area (Å²) in [6, 6.07) is 13.2. The van der Waals surface area contributed by atoms with Gasteiger partial charge in [-0.1, -0.05) is 29.8 Å². The van der Waals surface area contributed by atoms with Crippen LogP contribution in [0.1, 0.15) is 32.9 Å². The summed E-state index contributed by atoms with van der Waals surface area (Å²) in [4.78, 5) is 12.8. The Hall–Kier alpha value is -2.83. The van der Waals surface area contributed by atoms with E-state index < -0.39 is 5.97 Å². The zero-order chi connectivity index (χ0) is 19.7. The van der Waals surface area contributed by atoms with Gasteiger partial charge < -0.3 is 14.2 Å². The van der Waals surface area contributed by atoms with E-state index in [-0.39, 0.29) is 13.4 Å². The highest BCUT2D eigenvalue weighted by atomic mass is 35.5. The molecule has 1 aliphatic heterocycles. The van der Waals surface area contributed by atoms with E-state index >= 15 is 0 Å². The molecule has 0 atom stereocenters. The van der Waals surface area contributed by atoms with Gasteiger partial charge in [0.15, 0.2) is 6.79 Å². The van der Waals surface area contributed by atoms with Gasteiger partial charge in [0.1, 0.15) is 17.9 Å². The number of nitrogens with zero attached hydrogens (tertiary/aromatic N) is 2. The summed E-state index contributed by atoms with van der Waals surface area (Å²) in [6.07, 6.45) is 0. The Balaban J connectivity index is 1.57. The summed E-state index contributed by atoms with van der Waals surface area (Å²) in [5, 5.41) is 5.04. The Kier molecular flexibility index (Phi) is 5.07. The molecule has 0 amide bonds. The second-order valence-corrected chi connectivity index (χ2v) is 6.97. The van der Waals surface area contributed by atoms with Gasteiger partial charge >= 0.3 is 5.97 Å². The third-order valence-corrected chi connectivity index (χ3v) is 4.82. The Morgan fingerprint density at radius 1 is 1.25 bits per heavy atom. The molecular weight excluding hydrogens is 380 g/mol. The lowest BCUT2D eigenvalue weighted by atomic mass is 10.1. The molecule has 1 aliphatic rings. The number of ether oxygens (including phenoxy) is 3. The van der Waals surface area contributed by atoms with E-state index in [0.717, 1.165) is 16.9 Å². The lowest BCUT2D eigenvalue weighted by Crippen LogP contribution is -2.14. The summed E-state index contributed by atoms with van der Waals surface area (Å²) < 4.78 is 18.2. The molecule has 0 bridgehead atoms. The lowest BCUT2D eigenvalue weighted by molar-refractivity contribution is -0.0180. The Bertz CT molecular complexity index is 1030. The maximum atomic E-state index is 12.8. The van der Waals surface area contributed by atoms with Crippen LogP contribution in [0.2, 0.25) is 5.02 Å². The molecule has 0 N–H and O–H groups in total. The first-order chi connectivity index (χ1) is 13.5. The molecule has 0 aliphatic carbocycles. The van der Waals surface area contributed by atoms with Gasteiger partial charge in [-0.2, -0.15) is 5.10 Å². The van der Waals surface area contributed by atoms with E-state index in [0.29, 0.717) is 34.2 Å². The molecule has 2 aromatic carbocycles. The SMILES string of the molecule is Cc1nn(-c2ccccc2)c(C)c1C(=O)OCc1cc(Cl)cc2c1OCOC2. The molecule has 0 unspecified atom stereocenters. The summed E-state index contributed by atoms with van der Waals surface area (Å²) >= 11 is 6.17. The van der Waals surface area contributed by atoms with Crippen LogP contribution in [-0.4, -0.2) is 22.5 Å². The predicted octanol–water partition coefficient (Wildman–Crippen LogP) is 4.37. The molecule has 3 aromatic rings. The highest BCUT2D eigenvalue weighted by molar-refractivity contribution is 6.30. The van der Waals surface area contributed by atoms with E-state index in [9.17, 15) is 4.79 Å². The number of hydrogen-bond acceptors (Lipinski definition) is 5. The van der Waals surface area contributed by atoms with Crippen molar-refractivity contribution in [3.63, 3.8) is 0 Å². The monoisotopic (exact) mass is 398 g/mol. The van der Waals surface area contributed by atoms with Crippen molar-refractivity contribution in [3.05, 3.63) is 75.6 Å². The average molecular weight is 399 g/mol. The minimum absolute atomic E-state index is 0.0527. The Labute approximate surface area is 167 Å². The Morgan fingerprint density at radius 2 is 2.04 bits per heavy atom. The number of benzene rings is 2. The zero-order valence-electron chi connectivity index (χ0n) is 15.6. The van der Waals surface area contributed by atoms with Crippen LogP contribution in [0, 0.1) is 13.8 Å². The molecule has 0 saturated carbocycles. The normalized spacial score (nSPS) is 13.0. The van der Waals surface area contributed by atoms with Gasteiger partial charge in [-0.05, 0) is 38.1 Å². The van der Waals surface area contributed by atoms with Crippen molar-refractivity contribution in [2.24, 2.45) is 0 Å². The van der Waals surface area contributed by atoms with Crippen molar-refractivity contribution in [3.8, 4) is 11.4 Å². The first-order valence-electron chi connectivity index (χ1n) is 8.85. The number of para-hydroxylation sites is 1. The summed E-state index contributed by atoms with van der Waals surface area (Å²) in [6.45, 7) is 4.28. The summed E-state index contributed by atoms with van der Waals surface area (Å²) in [7, 11) is 0. The lowest BCUT2D eigenvalue weighted by Gasteiger charge is -2.21. The highest BCUT2D eigenvalue weighted by Crippen LogP contribution is 2.32. The third-order valence-electron chi connectivity index (χ3n) is 4.61. The van der Waals surface area contributed by atoms with Gasteiger partial charge in [0, 0.05) is 16.1 Å². The molecular formula is C21H19ClN2O4. The van der Waals surface area contributed by atoms with E-state index in [4.69, 9.17) is 25.8 Å². The van der Waals surface area contributed by atoms with Crippen LogP contribution in [0.5, 0.6) is 5.75 Å². The number of hydrogen-bond donors (Lipinski definition) is 0. The largest absolute Gasteiger partial charge is 0.467 e. The summed E-state index contributed by atoms with van der Waals surface area (Å²) in [5.41, 5.74) is 4.25. The van der Waals surface area contributed by atoms with Crippen LogP contribution < -0.4 is 4.74 Å². The molecule has 28 heavy (non-hydrogen) atoms. The number of rotatable bonds is 4. The number of fused-ring (bicyclic) bond motifs is 1. The second kappa shape index (κ2) is 7.66. The smallest absolute Gasteiger partial charge is 0.342 e. The minimum atomic E-state index is -0.432. The van der Waals surface area contributed by atoms with Gasteiger partial charge in [-0.3, -0.25) is 0 Å². The van der Waals surface area contributed by atoms with Crippen molar-refractivity contribution in [2.75, 3.05) is 6.79 Å². The topological polar surface area (TPSA) is 62.6 Å². The van der Waals surface area contributed by atoms with Gasteiger partial charge in [0.25, 0.3) is 0 Å². The van der Waals surface area contributed by atoms with Gasteiger partial charge in [-0.25, -0.2) is 9.48 Å². The molecule has 144 valence electrons. The van der Waals surface area contributed by atoms with Crippen LogP contribution in [0.25, 0.3) is 5.69 Å². The quantitative estimate of drug-likeness (QED) is 0.611. The maximum absolute atomic E-state index is 12.8. The number of halogens is 1. The first-order valence-corrected chi connectivity index (χ1v) is 9.23. The van der Waals surface area contributed by atoms with Gasteiger partial charge in [0.05, 0.1) is 23.7 Å². The molecule has 1 aromatic heterocycles. The highest BCUT2D eigenvalue weighted by Gasteiger charge is 2.22. The van der Waals surface area contributed by atoms with Crippen molar-refractivity contribution in [2.45, 2.75) is 27.1 Å². The van der Waals surface area contributed by atoms with Crippen molar-refractivity contribution in [1.82, 2.24) is 9.78 Å². The predicted molar refractivity (Wildman–Crippen MR) is 104 cm³/mol. The number of carbonyl (C=O) groups excluding carboxylic acids is 1. The average Bonchev–Trinajstić information content (AvgIpc) is 3.00. The standard InChI is InChI=1S/C21H19ClN2O4/c1-13-19(14(2)24(23-13)18-6-4-3-5-7-18)21(25)27-11-16-9-17(22)8-15-10-26-12-28-20(15)16/h3-9H,10-12H2,1-2H3. The molecule has 2 heterocycles. The molecule has 0 spiro atoms. The zero-order valence-corrected chi connectivity index (χ0v) is 16.3. The maximum Gasteiger partial charge on any atom is 0.342 e. The van der Waals surface area contributed by atoms with Crippen LogP contribution in [0.3, 0.4) is 0 Å². The second-order valence-electron chi connectivity index (χ2n) is 6.53. The Morgan fingerprint density at radius 3 is 2.82 bits per heavy atom. The van der Waals surface area contributed by atoms with Crippen LogP contribution in [0.4, 0.5) is 0 Å². The fourth-order valence-corrected chi connectivity index (χ4v) is 3.60. The van der Waals surface area contributed by atoms with Gasteiger partial charge in [-0.15, -0.1) is 0 Å². The molecule has 6 nitrogen and oxygen atoms in total. The minimum Gasteiger partial charge on any atom is -0.467 e. The molecule has 0 fully saturated rings. The number of carbonyl (C=O) groups is 1. The van der Waals surface area contributed by atoms with E-state index in [1.54, 1.807) is 23.7 Å². The van der Waals surface area contributed by atoms with Crippen molar-refractivity contribution < 1.29 is 19.0 Å². The number of esters is 1. The molecule has 0 radical (unpaired) electrons. The summed E-state index contributed by atoms with van der Waals surface area (Å²) in [5.74, 6) is 0.231. The van der Waals surface area contributed by atoms with Crippen molar-refractivity contribution in [1.29, 1.82) is 0 Å².